The van der Waals surface area contributed by atoms with Crippen LogP contribution in [0.4, 0.5) is 0 Å². The Bertz CT molecular complexity index is 361. The molecule has 0 amide bonds. The van der Waals surface area contributed by atoms with Crippen LogP contribution in [0, 0.1) is 0 Å². The molecule has 2 aliphatic rings. The van der Waals surface area contributed by atoms with Gasteiger partial charge >= 0.3 is 0 Å². The van der Waals surface area contributed by atoms with Crippen molar-refractivity contribution in [2.24, 2.45) is 0 Å². The van der Waals surface area contributed by atoms with E-state index >= 15 is 0 Å². The SMILES string of the molecule is Brc1ccc2c(c1)CC[C@H]1NCC[C@@H]21. The minimum Gasteiger partial charge on any atom is -0.313 e. The summed E-state index contributed by atoms with van der Waals surface area (Å²) in [5.74, 6) is 0.784. The number of hydrogen-bond donors (Lipinski definition) is 1. The molecule has 0 saturated carbocycles. The molecule has 1 aromatic carbocycles. The Hall–Kier alpha value is -0.340. The predicted octanol–water partition coefficient (Wildman–Crippen LogP) is 2.84. The number of aryl methyl sites for hydroxylation is 1. The van der Waals surface area contributed by atoms with Gasteiger partial charge < -0.3 is 5.32 Å². The summed E-state index contributed by atoms with van der Waals surface area (Å²) < 4.78 is 1.22. The van der Waals surface area contributed by atoms with Crippen LogP contribution in [0.5, 0.6) is 0 Å². The maximum absolute atomic E-state index is 3.60. The molecular weight excluding hydrogens is 238 g/mol. The molecule has 0 bridgehead atoms. The lowest BCUT2D eigenvalue weighted by Gasteiger charge is -2.28. The lowest BCUT2D eigenvalue weighted by atomic mass is 9.80. The number of nitrogens with one attached hydrogen (secondary N) is 1. The van der Waals surface area contributed by atoms with Gasteiger partial charge in [-0.2, -0.15) is 0 Å². The van der Waals surface area contributed by atoms with Gasteiger partial charge in [-0.25, -0.2) is 0 Å². The number of hydrogen-bond acceptors (Lipinski definition) is 1. The molecule has 2 atom stereocenters. The molecule has 1 saturated heterocycles. The van der Waals surface area contributed by atoms with Crippen LogP contribution >= 0.6 is 15.9 Å². The van der Waals surface area contributed by atoms with Crippen LogP contribution in [-0.2, 0) is 6.42 Å². The average molecular weight is 252 g/mol. The molecule has 0 radical (unpaired) electrons. The molecule has 2 heteroatoms. The Morgan fingerprint density at radius 3 is 3.14 bits per heavy atom. The van der Waals surface area contributed by atoms with Gasteiger partial charge in [-0.1, -0.05) is 22.0 Å². The molecule has 1 aliphatic heterocycles. The smallest absolute Gasteiger partial charge is 0.0178 e. The average Bonchev–Trinajstić information content (AvgIpc) is 2.65. The first-order chi connectivity index (χ1) is 6.84. The number of benzene rings is 1. The maximum Gasteiger partial charge on any atom is 0.0178 e. The zero-order valence-electron chi connectivity index (χ0n) is 8.09. The number of rotatable bonds is 0. The summed E-state index contributed by atoms with van der Waals surface area (Å²) in [5, 5.41) is 3.60. The first kappa shape index (κ1) is 8.93. The highest BCUT2D eigenvalue weighted by molar-refractivity contribution is 9.10. The van der Waals surface area contributed by atoms with Gasteiger partial charge in [0.05, 0.1) is 0 Å². The van der Waals surface area contributed by atoms with E-state index < -0.39 is 0 Å². The fourth-order valence-electron chi connectivity index (χ4n) is 2.91. The van der Waals surface area contributed by atoms with Gasteiger partial charge in [0, 0.05) is 16.4 Å². The summed E-state index contributed by atoms with van der Waals surface area (Å²) in [5.41, 5.74) is 3.15. The van der Waals surface area contributed by atoms with Crippen molar-refractivity contribution in [1.29, 1.82) is 0 Å². The van der Waals surface area contributed by atoms with Crippen molar-refractivity contribution in [3.8, 4) is 0 Å². The van der Waals surface area contributed by atoms with Crippen molar-refractivity contribution < 1.29 is 0 Å². The molecule has 1 fully saturated rings. The van der Waals surface area contributed by atoms with Gasteiger partial charge in [0.2, 0.25) is 0 Å². The molecule has 1 aromatic rings. The molecule has 1 N–H and O–H groups in total. The highest BCUT2D eigenvalue weighted by atomic mass is 79.9. The molecule has 0 aromatic heterocycles. The number of halogens is 1. The second-order valence-electron chi connectivity index (χ2n) is 4.34. The number of fused-ring (bicyclic) bond motifs is 3. The normalized spacial score (nSPS) is 29.8. The van der Waals surface area contributed by atoms with E-state index in [2.05, 4.69) is 39.4 Å². The van der Waals surface area contributed by atoms with E-state index in [1.165, 1.54) is 30.3 Å². The molecule has 74 valence electrons. The van der Waals surface area contributed by atoms with Crippen LogP contribution in [0.1, 0.15) is 29.9 Å². The maximum atomic E-state index is 3.60. The fourth-order valence-corrected chi connectivity index (χ4v) is 3.32. The van der Waals surface area contributed by atoms with E-state index in [-0.39, 0.29) is 0 Å². The van der Waals surface area contributed by atoms with Crippen molar-refractivity contribution in [3.05, 3.63) is 33.8 Å². The summed E-state index contributed by atoms with van der Waals surface area (Å²) in [6, 6.07) is 7.54. The second kappa shape index (κ2) is 3.35. The summed E-state index contributed by atoms with van der Waals surface area (Å²) in [6.45, 7) is 1.20. The van der Waals surface area contributed by atoms with E-state index in [0.29, 0.717) is 0 Å². The Kier molecular flexibility index (Phi) is 2.14. The Morgan fingerprint density at radius 1 is 1.29 bits per heavy atom. The van der Waals surface area contributed by atoms with E-state index in [0.717, 1.165) is 12.0 Å². The van der Waals surface area contributed by atoms with Gasteiger partial charge in [-0.15, -0.1) is 0 Å². The molecule has 1 nitrogen and oxygen atoms in total. The largest absolute Gasteiger partial charge is 0.313 e. The van der Waals surface area contributed by atoms with Crippen molar-refractivity contribution in [2.75, 3.05) is 6.54 Å². The Morgan fingerprint density at radius 2 is 2.21 bits per heavy atom. The fraction of sp³-hybridized carbons (Fsp3) is 0.500. The van der Waals surface area contributed by atoms with Crippen LogP contribution in [0.2, 0.25) is 0 Å². The van der Waals surface area contributed by atoms with Gasteiger partial charge in [0.25, 0.3) is 0 Å². The minimum atomic E-state index is 0.753. The topological polar surface area (TPSA) is 12.0 Å². The zero-order valence-corrected chi connectivity index (χ0v) is 9.68. The molecule has 0 unspecified atom stereocenters. The van der Waals surface area contributed by atoms with Crippen LogP contribution < -0.4 is 5.32 Å². The summed E-state index contributed by atoms with van der Waals surface area (Å²) in [7, 11) is 0. The summed E-state index contributed by atoms with van der Waals surface area (Å²) in [4.78, 5) is 0. The van der Waals surface area contributed by atoms with Crippen LogP contribution in [0.3, 0.4) is 0 Å². The first-order valence-electron chi connectivity index (χ1n) is 5.36. The molecule has 0 spiro atoms. The Balaban J connectivity index is 2.05. The van der Waals surface area contributed by atoms with Gasteiger partial charge in [-0.05, 0) is 49.1 Å². The monoisotopic (exact) mass is 251 g/mol. The lowest BCUT2D eigenvalue weighted by Crippen LogP contribution is -2.30. The van der Waals surface area contributed by atoms with E-state index in [1.807, 2.05) is 0 Å². The summed E-state index contributed by atoms with van der Waals surface area (Å²) >= 11 is 3.55. The van der Waals surface area contributed by atoms with Crippen molar-refractivity contribution in [3.63, 3.8) is 0 Å². The van der Waals surface area contributed by atoms with Gasteiger partial charge in [-0.3, -0.25) is 0 Å². The Labute approximate surface area is 93.0 Å². The highest BCUT2D eigenvalue weighted by Crippen LogP contribution is 2.37. The van der Waals surface area contributed by atoms with Crippen molar-refractivity contribution in [1.82, 2.24) is 5.32 Å². The molecule has 1 heterocycles. The quantitative estimate of drug-likeness (QED) is 0.748. The predicted molar refractivity (Wildman–Crippen MR) is 61.6 cm³/mol. The standard InChI is InChI=1S/C12H14BrN/c13-9-2-3-10-8(7-9)1-4-12-11(10)5-6-14-12/h2-3,7,11-12,14H,1,4-6H2/t11-,12+/m0/s1. The third-order valence-corrected chi connectivity index (χ3v) is 4.07. The van der Waals surface area contributed by atoms with Crippen LogP contribution in [0.25, 0.3) is 0 Å². The van der Waals surface area contributed by atoms with Gasteiger partial charge in [0.15, 0.2) is 0 Å². The molecular formula is C12H14BrN. The van der Waals surface area contributed by atoms with E-state index in [1.54, 1.807) is 11.1 Å². The van der Waals surface area contributed by atoms with Crippen molar-refractivity contribution >= 4 is 15.9 Å². The van der Waals surface area contributed by atoms with Gasteiger partial charge in [0.1, 0.15) is 0 Å². The first-order valence-corrected chi connectivity index (χ1v) is 6.15. The highest BCUT2D eigenvalue weighted by Gasteiger charge is 2.32. The molecule has 14 heavy (non-hydrogen) atoms. The summed E-state index contributed by atoms with van der Waals surface area (Å²) in [6.07, 6.45) is 3.87. The van der Waals surface area contributed by atoms with E-state index in [9.17, 15) is 0 Å². The third-order valence-electron chi connectivity index (χ3n) is 3.58. The lowest BCUT2D eigenvalue weighted by molar-refractivity contribution is 0.481. The van der Waals surface area contributed by atoms with Crippen LogP contribution in [0.15, 0.2) is 22.7 Å². The van der Waals surface area contributed by atoms with E-state index in [4.69, 9.17) is 0 Å². The molecule has 3 rings (SSSR count). The van der Waals surface area contributed by atoms with Crippen molar-refractivity contribution in [2.45, 2.75) is 31.2 Å². The minimum absolute atomic E-state index is 0.753. The molecule has 1 aliphatic carbocycles. The second-order valence-corrected chi connectivity index (χ2v) is 5.25. The zero-order chi connectivity index (χ0) is 9.54. The third kappa shape index (κ3) is 1.32. The van der Waals surface area contributed by atoms with Crippen LogP contribution in [-0.4, -0.2) is 12.6 Å².